The zero-order valence-corrected chi connectivity index (χ0v) is 8.47. The second-order valence-corrected chi connectivity index (χ2v) is 3.69. The smallest absolute Gasteiger partial charge is 0.230 e. The van der Waals surface area contributed by atoms with Crippen molar-refractivity contribution in [2.24, 2.45) is 0 Å². The Labute approximate surface area is 88.0 Å². The highest BCUT2D eigenvalue weighted by atomic mass is 35.5. The number of carbonyl (C=O) groups is 1. The summed E-state index contributed by atoms with van der Waals surface area (Å²) in [5.74, 6) is -0.605. The van der Waals surface area contributed by atoms with Gasteiger partial charge in [-0.05, 0) is 0 Å². The second-order valence-electron chi connectivity index (χ2n) is 1.86. The SMILES string of the molecule is O=C(c1nc(Cl)c(Cl)[nH]1)C(Cl)Cl. The predicted octanol–water partition coefficient (Wildman–Crippen LogP) is 2.70. The number of hydrogen-bond acceptors (Lipinski definition) is 2. The van der Waals surface area contributed by atoms with Gasteiger partial charge in [0.2, 0.25) is 5.78 Å². The van der Waals surface area contributed by atoms with Crippen LogP contribution in [0.1, 0.15) is 10.6 Å². The number of aromatic nitrogens is 2. The molecule has 0 atom stereocenters. The maximum atomic E-state index is 11.0. The number of halogens is 4. The molecule has 0 aliphatic carbocycles. The summed E-state index contributed by atoms with van der Waals surface area (Å²) in [5, 5.41) is 0.114. The molecular formula is C5H2Cl4N2O. The molecule has 0 amide bonds. The van der Waals surface area contributed by atoms with Gasteiger partial charge in [0.15, 0.2) is 15.8 Å². The lowest BCUT2D eigenvalue weighted by Crippen LogP contribution is -2.09. The highest BCUT2D eigenvalue weighted by Crippen LogP contribution is 2.19. The number of carbonyl (C=O) groups excluding carboxylic acids is 1. The van der Waals surface area contributed by atoms with Crippen molar-refractivity contribution < 1.29 is 4.79 Å². The first-order chi connectivity index (χ1) is 5.52. The van der Waals surface area contributed by atoms with Crippen LogP contribution in [0.4, 0.5) is 0 Å². The maximum absolute atomic E-state index is 11.0. The summed E-state index contributed by atoms with van der Waals surface area (Å²) in [4.78, 5) is 15.9. The maximum Gasteiger partial charge on any atom is 0.230 e. The van der Waals surface area contributed by atoms with E-state index in [0.29, 0.717) is 0 Å². The first kappa shape index (κ1) is 10.1. The Balaban J connectivity index is 2.97. The molecule has 0 saturated heterocycles. The normalized spacial score (nSPS) is 10.8. The van der Waals surface area contributed by atoms with Crippen LogP contribution < -0.4 is 0 Å². The summed E-state index contributed by atoms with van der Waals surface area (Å²) >= 11 is 21.5. The molecule has 1 rings (SSSR count). The fourth-order valence-electron chi connectivity index (χ4n) is 0.551. The molecule has 0 radical (unpaired) electrons. The van der Waals surface area contributed by atoms with E-state index >= 15 is 0 Å². The van der Waals surface area contributed by atoms with Gasteiger partial charge in [-0.15, -0.1) is 0 Å². The van der Waals surface area contributed by atoms with Gasteiger partial charge in [0.05, 0.1) is 0 Å². The van der Waals surface area contributed by atoms with Crippen LogP contribution in [0.5, 0.6) is 0 Å². The van der Waals surface area contributed by atoms with Crippen LogP contribution in [0.25, 0.3) is 0 Å². The Morgan fingerprint density at radius 2 is 2.00 bits per heavy atom. The summed E-state index contributed by atoms with van der Waals surface area (Å²) in [6, 6.07) is 0. The molecule has 0 unspecified atom stereocenters. The quantitative estimate of drug-likeness (QED) is 0.645. The highest BCUT2D eigenvalue weighted by molar-refractivity contribution is 6.55. The number of nitrogens with zero attached hydrogens (tertiary/aromatic N) is 1. The Morgan fingerprint density at radius 3 is 2.33 bits per heavy atom. The molecule has 1 heterocycles. The zero-order valence-electron chi connectivity index (χ0n) is 5.44. The number of Topliss-reactive ketones (excluding diaryl/α,β-unsaturated/α-hetero) is 1. The largest absolute Gasteiger partial charge is 0.325 e. The van der Waals surface area contributed by atoms with E-state index in [9.17, 15) is 4.79 Å². The molecule has 0 aliphatic heterocycles. The average molecular weight is 248 g/mol. The van der Waals surface area contributed by atoms with E-state index in [1.165, 1.54) is 0 Å². The number of rotatable bonds is 2. The first-order valence-corrected chi connectivity index (χ1v) is 4.38. The molecule has 12 heavy (non-hydrogen) atoms. The third-order valence-electron chi connectivity index (χ3n) is 1.05. The number of imidazole rings is 1. The van der Waals surface area contributed by atoms with Gasteiger partial charge in [-0.25, -0.2) is 4.98 Å². The van der Waals surface area contributed by atoms with E-state index < -0.39 is 10.6 Å². The van der Waals surface area contributed by atoms with E-state index in [2.05, 4.69) is 9.97 Å². The van der Waals surface area contributed by atoms with E-state index in [1.807, 2.05) is 0 Å². The van der Waals surface area contributed by atoms with Crippen LogP contribution in [0.3, 0.4) is 0 Å². The predicted molar refractivity (Wildman–Crippen MR) is 48.4 cm³/mol. The molecule has 1 aromatic rings. The van der Waals surface area contributed by atoms with Crippen molar-refractivity contribution in [1.29, 1.82) is 0 Å². The van der Waals surface area contributed by atoms with Crippen molar-refractivity contribution in [2.45, 2.75) is 4.84 Å². The van der Waals surface area contributed by atoms with Crippen LogP contribution in [0.2, 0.25) is 10.3 Å². The summed E-state index contributed by atoms with van der Waals surface area (Å²) in [7, 11) is 0. The summed E-state index contributed by atoms with van der Waals surface area (Å²) in [6.07, 6.45) is 0. The van der Waals surface area contributed by atoms with E-state index in [4.69, 9.17) is 46.4 Å². The molecular weight excluding hydrogens is 246 g/mol. The fourth-order valence-corrected chi connectivity index (χ4v) is 1.02. The third kappa shape index (κ3) is 2.04. The molecule has 0 aromatic carbocycles. The average Bonchev–Trinajstić information content (AvgIpc) is 2.30. The first-order valence-electron chi connectivity index (χ1n) is 2.75. The van der Waals surface area contributed by atoms with Gasteiger partial charge in [0, 0.05) is 0 Å². The Bertz CT molecular complexity index is 289. The number of nitrogens with one attached hydrogen (secondary N) is 1. The van der Waals surface area contributed by atoms with Crippen molar-refractivity contribution in [2.75, 3.05) is 0 Å². The van der Waals surface area contributed by atoms with Crippen molar-refractivity contribution >= 4 is 52.2 Å². The van der Waals surface area contributed by atoms with Gasteiger partial charge >= 0.3 is 0 Å². The van der Waals surface area contributed by atoms with Crippen LogP contribution in [-0.2, 0) is 0 Å². The summed E-state index contributed by atoms with van der Waals surface area (Å²) in [6.45, 7) is 0. The van der Waals surface area contributed by atoms with Crippen molar-refractivity contribution in [3.63, 3.8) is 0 Å². The van der Waals surface area contributed by atoms with Crippen molar-refractivity contribution in [3.05, 3.63) is 16.1 Å². The van der Waals surface area contributed by atoms with E-state index in [-0.39, 0.29) is 16.1 Å². The number of H-pyrrole nitrogens is 1. The Hall–Kier alpha value is 0.0400. The molecule has 0 spiro atoms. The minimum absolute atomic E-state index is 0.0222. The van der Waals surface area contributed by atoms with Crippen LogP contribution in [-0.4, -0.2) is 20.6 Å². The van der Waals surface area contributed by atoms with Gasteiger partial charge in [-0.3, -0.25) is 4.79 Å². The fraction of sp³-hybridized carbons (Fsp3) is 0.200. The topological polar surface area (TPSA) is 45.8 Å². The third-order valence-corrected chi connectivity index (χ3v) is 2.09. The van der Waals surface area contributed by atoms with Gasteiger partial charge in [-0.2, -0.15) is 0 Å². The summed E-state index contributed by atoms with van der Waals surface area (Å²) < 4.78 is 0. The molecule has 66 valence electrons. The van der Waals surface area contributed by atoms with E-state index in [1.54, 1.807) is 0 Å². The molecule has 0 fully saturated rings. The molecule has 1 aromatic heterocycles. The molecule has 0 bridgehead atoms. The highest BCUT2D eigenvalue weighted by Gasteiger charge is 2.19. The molecule has 0 saturated carbocycles. The molecule has 1 N–H and O–H groups in total. The lowest BCUT2D eigenvalue weighted by Gasteiger charge is -1.93. The lowest BCUT2D eigenvalue weighted by molar-refractivity contribution is 0.0998. The summed E-state index contributed by atoms with van der Waals surface area (Å²) in [5.41, 5.74) is 0. The van der Waals surface area contributed by atoms with Gasteiger partial charge in [-0.1, -0.05) is 46.4 Å². The van der Waals surface area contributed by atoms with Crippen molar-refractivity contribution in [1.82, 2.24) is 9.97 Å². The number of alkyl halides is 2. The second kappa shape index (κ2) is 3.83. The standard InChI is InChI=1S/C5H2Cl4N2O/c6-2(7)1(12)5-10-3(8)4(9)11-5/h2H,(H,10,11). The van der Waals surface area contributed by atoms with Crippen LogP contribution in [0.15, 0.2) is 0 Å². The zero-order chi connectivity index (χ0) is 9.30. The van der Waals surface area contributed by atoms with Crippen molar-refractivity contribution in [3.8, 4) is 0 Å². The Morgan fingerprint density at radius 1 is 1.42 bits per heavy atom. The van der Waals surface area contributed by atoms with Crippen LogP contribution in [0, 0.1) is 0 Å². The minimum atomic E-state index is -1.16. The number of ketones is 1. The van der Waals surface area contributed by atoms with Gasteiger partial charge < -0.3 is 4.98 Å². The number of aromatic amines is 1. The molecule has 0 aliphatic rings. The Kier molecular flexibility index (Phi) is 3.23. The minimum Gasteiger partial charge on any atom is -0.325 e. The molecule has 7 heteroatoms. The van der Waals surface area contributed by atoms with Gasteiger partial charge in [0.1, 0.15) is 5.15 Å². The van der Waals surface area contributed by atoms with Gasteiger partial charge in [0.25, 0.3) is 0 Å². The monoisotopic (exact) mass is 246 g/mol. The number of hydrogen-bond donors (Lipinski definition) is 1. The molecule has 3 nitrogen and oxygen atoms in total. The lowest BCUT2D eigenvalue weighted by atomic mass is 10.4. The van der Waals surface area contributed by atoms with Crippen LogP contribution >= 0.6 is 46.4 Å². The van der Waals surface area contributed by atoms with E-state index in [0.717, 1.165) is 0 Å².